The van der Waals surface area contributed by atoms with Gasteiger partial charge in [-0.15, -0.1) is 12.4 Å². The van der Waals surface area contributed by atoms with Gasteiger partial charge in [0.15, 0.2) is 0 Å². The van der Waals surface area contributed by atoms with Crippen molar-refractivity contribution in [3.63, 3.8) is 0 Å². The maximum absolute atomic E-state index is 10.7. The fourth-order valence-electron chi connectivity index (χ4n) is 1.11. The number of aromatic nitrogens is 2. The smallest absolute Gasteiger partial charge is 0.321 e. The van der Waals surface area contributed by atoms with Gasteiger partial charge in [-0.3, -0.25) is 4.79 Å². The van der Waals surface area contributed by atoms with Gasteiger partial charge < -0.3 is 15.4 Å². The highest BCUT2D eigenvalue weighted by molar-refractivity contribution is 5.85. The lowest BCUT2D eigenvalue weighted by Crippen LogP contribution is -2.38. The van der Waals surface area contributed by atoms with Crippen LogP contribution in [0, 0.1) is 0 Å². The van der Waals surface area contributed by atoms with E-state index >= 15 is 0 Å². The molecule has 80 valence electrons. The molecule has 0 amide bonds. The van der Waals surface area contributed by atoms with Gasteiger partial charge in [0, 0.05) is 18.3 Å². The zero-order valence-electron chi connectivity index (χ0n) is 7.86. The lowest BCUT2D eigenvalue weighted by atomic mass is 10.1. The highest BCUT2D eigenvalue weighted by Gasteiger charge is 2.16. The second-order valence-corrected chi connectivity index (χ2v) is 2.73. The maximum atomic E-state index is 10.7. The van der Waals surface area contributed by atoms with Crippen LogP contribution < -0.4 is 5.32 Å². The highest BCUT2D eigenvalue weighted by atomic mass is 35.5. The van der Waals surface area contributed by atoms with Gasteiger partial charge >= 0.3 is 5.97 Å². The molecule has 1 aromatic rings. The largest absolute Gasteiger partial charge is 0.480 e. The quantitative estimate of drug-likeness (QED) is 0.672. The molecule has 1 rings (SSSR count). The molecule has 1 heterocycles. The summed E-state index contributed by atoms with van der Waals surface area (Å²) in [4.78, 5) is 17.4. The Morgan fingerprint density at radius 2 is 2.50 bits per heavy atom. The number of carboxylic acid groups (broad SMARTS) is 1. The number of likely N-dealkylation sites (N-methyl/N-ethyl adjacent to an activating group) is 1. The summed E-state index contributed by atoms with van der Waals surface area (Å²) in [5, 5.41) is 11.7. The molecule has 14 heavy (non-hydrogen) atoms. The van der Waals surface area contributed by atoms with Gasteiger partial charge in [-0.05, 0) is 6.54 Å². The molecular weight excluding hydrogens is 206 g/mol. The van der Waals surface area contributed by atoms with E-state index in [9.17, 15) is 4.79 Å². The van der Waals surface area contributed by atoms with E-state index < -0.39 is 12.0 Å². The molecule has 6 heteroatoms. The van der Waals surface area contributed by atoms with Crippen LogP contribution in [0.3, 0.4) is 0 Å². The van der Waals surface area contributed by atoms with E-state index in [1.807, 2.05) is 6.92 Å². The molecule has 0 saturated heterocycles. The lowest BCUT2D eigenvalue weighted by Gasteiger charge is -2.10. The highest BCUT2D eigenvalue weighted by Crippen LogP contribution is 1.98. The first-order chi connectivity index (χ1) is 6.24. The summed E-state index contributed by atoms with van der Waals surface area (Å²) in [6.07, 6.45) is 3.61. The number of carbonyl (C=O) groups is 1. The van der Waals surface area contributed by atoms with Crippen molar-refractivity contribution < 1.29 is 9.90 Å². The molecule has 0 aliphatic carbocycles. The summed E-state index contributed by atoms with van der Waals surface area (Å²) in [6.45, 7) is 2.52. The zero-order chi connectivity index (χ0) is 9.68. The molecule has 0 aromatic carbocycles. The Bertz CT molecular complexity index is 264. The molecular formula is C8H14ClN3O2. The van der Waals surface area contributed by atoms with Crippen LogP contribution in [0.4, 0.5) is 0 Å². The second kappa shape index (κ2) is 6.39. The van der Waals surface area contributed by atoms with Crippen LogP contribution in [0.25, 0.3) is 0 Å². The first-order valence-corrected chi connectivity index (χ1v) is 4.17. The summed E-state index contributed by atoms with van der Waals surface area (Å²) in [7, 11) is 0. The fourth-order valence-corrected chi connectivity index (χ4v) is 1.11. The van der Waals surface area contributed by atoms with Crippen molar-refractivity contribution >= 4 is 18.4 Å². The number of imidazole rings is 1. The third-order valence-electron chi connectivity index (χ3n) is 1.73. The minimum absolute atomic E-state index is 0. The predicted molar refractivity (Wildman–Crippen MR) is 54.6 cm³/mol. The standard InChI is InChI=1S/C8H13N3O2.ClH/c1-2-10-7(8(12)13)3-6-4-9-5-11-6;/h4-5,7,10H,2-3H2,1H3,(H,9,11)(H,12,13);1H/t7-;/m0./s1. The van der Waals surface area contributed by atoms with E-state index in [-0.39, 0.29) is 12.4 Å². The predicted octanol–water partition coefficient (Wildman–Crippen LogP) is 0.437. The van der Waals surface area contributed by atoms with Crippen LogP contribution in [0.15, 0.2) is 12.5 Å². The summed E-state index contributed by atoms with van der Waals surface area (Å²) < 4.78 is 0. The topological polar surface area (TPSA) is 78.0 Å². The average molecular weight is 220 g/mol. The second-order valence-electron chi connectivity index (χ2n) is 2.73. The number of halogens is 1. The Kier molecular flexibility index (Phi) is 5.91. The molecule has 0 spiro atoms. The zero-order valence-corrected chi connectivity index (χ0v) is 8.67. The van der Waals surface area contributed by atoms with Crippen molar-refractivity contribution in [2.45, 2.75) is 19.4 Å². The first kappa shape index (κ1) is 12.9. The summed E-state index contributed by atoms with van der Waals surface area (Å²) in [5.74, 6) is -0.837. The van der Waals surface area contributed by atoms with Crippen LogP contribution in [0.2, 0.25) is 0 Å². The van der Waals surface area contributed by atoms with Crippen molar-refractivity contribution in [2.24, 2.45) is 0 Å². The third kappa shape index (κ3) is 3.76. The average Bonchev–Trinajstić information content (AvgIpc) is 2.56. The van der Waals surface area contributed by atoms with Crippen LogP contribution >= 0.6 is 12.4 Å². The third-order valence-corrected chi connectivity index (χ3v) is 1.73. The van der Waals surface area contributed by atoms with Crippen molar-refractivity contribution in [1.82, 2.24) is 15.3 Å². The van der Waals surface area contributed by atoms with E-state index in [2.05, 4.69) is 15.3 Å². The van der Waals surface area contributed by atoms with E-state index in [1.165, 1.54) is 0 Å². The van der Waals surface area contributed by atoms with Crippen LogP contribution in [-0.4, -0.2) is 33.6 Å². The van der Waals surface area contributed by atoms with Gasteiger partial charge in [0.2, 0.25) is 0 Å². The molecule has 0 unspecified atom stereocenters. The monoisotopic (exact) mass is 219 g/mol. The van der Waals surface area contributed by atoms with E-state index in [0.29, 0.717) is 13.0 Å². The number of hydrogen-bond acceptors (Lipinski definition) is 3. The first-order valence-electron chi connectivity index (χ1n) is 4.17. The molecule has 0 bridgehead atoms. The molecule has 0 aliphatic heterocycles. The van der Waals surface area contributed by atoms with Crippen molar-refractivity contribution in [2.75, 3.05) is 6.54 Å². The Balaban J connectivity index is 0.00000169. The molecule has 0 radical (unpaired) electrons. The Labute approximate surface area is 88.3 Å². The molecule has 0 aliphatic rings. The summed E-state index contributed by atoms with van der Waals surface area (Å²) in [5.41, 5.74) is 0.827. The van der Waals surface area contributed by atoms with Gasteiger partial charge in [-0.25, -0.2) is 4.98 Å². The molecule has 0 saturated carbocycles. The SMILES string of the molecule is CCN[C@@H](Cc1cnc[nH]1)C(=O)O.Cl. The van der Waals surface area contributed by atoms with Gasteiger partial charge in [-0.1, -0.05) is 6.92 Å². The minimum Gasteiger partial charge on any atom is -0.480 e. The Morgan fingerprint density at radius 1 is 1.79 bits per heavy atom. The van der Waals surface area contributed by atoms with Gasteiger partial charge in [-0.2, -0.15) is 0 Å². The number of nitrogens with zero attached hydrogens (tertiary/aromatic N) is 1. The summed E-state index contributed by atoms with van der Waals surface area (Å²) >= 11 is 0. The lowest BCUT2D eigenvalue weighted by molar-refractivity contribution is -0.139. The molecule has 3 N–H and O–H groups in total. The normalized spacial score (nSPS) is 11.8. The van der Waals surface area contributed by atoms with Crippen molar-refractivity contribution in [3.8, 4) is 0 Å². The van der Waals surface area contributed by atoms with Crippen LogP contribution in [0.1, 0.15) is 12.6 Å². The number of aromatic amines is 1. The Hall–Kier alpha value is -1.07. The minimum atomic E-state index is -0.837. The van der Waals surface area contributed by atoms with Crippen molar-refractivity contribution in [3.05, 3.63) is 18.2 Å². The molecule has 1 atom stereocenters. The van der Waals surface area contributed by atoms with Gasteiger partial charge in [0.05, 0.1) is 6.33 Å². The van der Waals surface area contributed by atoms with Crippen molar-refractivity contribution in [1.29, 1.82) is 0 Å². The van der Waals surface area contributed by atoms with E-state index in [0.717, 1.165) is 5.69 Å². The number of hydrogen-bond donors (Lipinski definition) is 3. The number of nitrogens with one attached hydrogen (secondary N) is 2. The number of rotatable bonds is 5. The van der Waals surface area contributed by atoms with E-state index in [1.54, 1.807) is 12.5 Å². The molecule has 5 nitrogen and oxygen atoms in total. The molecule has 0 fully saturated rings. The number of aliphatic carboxylic acids is 1. The van der Waals surface area contributed by atoms with Crippen LogP contribution in [0.5, 0.6) is 0 Å². The van der Waals surface area contributed by atoms with Crippen LogP contribution in [-0.2, 0) is 11.2 Å². The van der Waals surface area contributed by atoms with Gasteiger partial charge in [0.1, 0.15) is 6.04 Å². The molecule has 1 aromatic heterocycles. The Morgan fingerprint density at radius 3 is 2.93 bits per heavy atom. The summed E-state index contributed by atoms with van der Waals surface area (Å²) in [6, 6.07) is -0.537. The number of carboxylic acids is 1. The van der Waals surface area contributed by atoms with Gasteiger partial charge in [0.25, 0.3) is 0 Å². The van der Waals surface area contributed by atoms with E-state index in [4.69, 9.17) is 5.11 Å². The maximum Gasteiger partial charge on any atom is 0.321 e. The number of H-pyrrole nitrogens is 1. The fraction of sp³-hybridized carbons (Fsp3) is 0.500.